The van der Waals surface area contributed by atoms with Crippen molar-refractivity contribution in [2.45, 2.75) is 12.3 Å². The zero-order valence-corrected chi connectivity index (χ0v) is 17.8. The molecule has 0 aliphatic carbocycles. The zero-order valence-electron chi connectivity index (χ0n) is 16.9. The van der Waals surface area contributed by atoms with Crippen LogP contribution in [0.5, 0.6) is 0 Å². The Balaban J connectivity index is 1.21. The Bertz CT molecular complexity index is 1150. The van der Waals surface area contributed by atoms with Crippen LogP contribution in [-0.4, -0.2) is 61.9 Å². The van der Waals surface area contributed by atoms with Crippen molar-refractivity contribution in [2.75, 3.05) is 44.2 Å². The number of nitrogens with zero attached hydrogens (tertiary/aromatic N) is 4. The Morgan fingerprint density at radius 3 is 2.40 bits per heavy atom. The number of piperazine rings is 1. The second kappa shape index (κ2) is 7.98. The second-order valence-electron chi connectivity index (χ2n) is 8.04. The molecule has 0 spiro atoms. The van der Waals surface area contributed by atoms with Crippen LogP contribution in [0.15, 0.2) is 60.8 Å². The molecule has 30 heavy (non-hydrogen) atoms. The molecule has 0 N–H and O–H groups in total. The van der Waals surface area contributed by atoms with Crippen molar-refractivity contribution in [3.63, 3.8) is 0 Å². The van der Waals surface area contributed by atoms with E-state index in [0.29, 0.717) is 13.1 Å². The van der Waals surface area contributed by atoms with Crippen molar-refractivity contribution in [3.05, 3.63) is 71.9 Å². The van der Waals surface area contributed by atoms with Crippen LogP contribution in [0, 0.1) is 0 Å². The standard InChI is InChI=1S/C23H26N4O2S/c28-30(29)18-21-7-2-1-6-20(21)17-27(30)16-13-25-11-14-26(15-12-25)23-22-8-4-3-5-19(22)9-10-24-23/h1-10H,11-18H2. The van der Waals surface area contributed by atoms with Crippen molar-refractivity contribution in [2.24, 2.45) is 0 Å². The second-order valence-corrected chi connectivity index (χ2v) is 10.0. The minimum Gasteiger partial charge on any atom is -0.354 e. The molecule has 156 valence electrons. The summed E-state index contributed by atoms with van der Waals surface area (Å²) in [5, 5.41) is 2.40. The third kappa shape index (κ3) is 3.80. The highest BCUT2D eigenvalue weighted by atomic mass is 32.2. The number of rotatable bonds is 4. The minimum absolute atomic E-state index is 0.115. The molecule has 1 aromatic heterocycles. The van der Waals surface area contributed by atoms with Crippen LogP contribution < -0.4 is 4.90 Å². The van der Waals surface area contributed by atoms with Gasteiger partial charge < -0.3 is 4.90 Å². The van der Waals surface area contributed by atoms with E-state index in [1.807, 2.05) is 36.5 Å². The maximum atomic E-state index is 12.7. The van der Waals surface area contributed by atoms with Crippen molar-refractivity contribution >= 4 is 26.6 Å². The molecule has 1 saturated heterocycles. The van der Waals surface area contributed by atoms with Gasteiger partial charge >= 0.3 is 0 Å². The Kier molecular flexibility index (Phi) is 5.18. The van der Waals surface area contributed by atoms with Crippen LogP contribution in [0.2, 0.25) is 0 Å². The smallest absolute Gasteiger partial charge is 0.218 e. The van der Waals surface area contributed by atoms with Gasteiger partial charge in [-0.05, 0) is 22.6 Å². The Labute approximate surface area is 177 Å². The van der Waals surface area contributed by atoms with Gasteiger partial charge in [0.2, 0.25) is 10.0 Å². The van der Waals surface area contributed by atoms with E-state index in [0.717, 1.165) is 49.7 Å². The fourth-order valence-corrected chi connectivity index (χ4v) is 5.99. The first-order valence-corrected chi connectivity index (χ1v) is 12.1. The van der Waals surface area contributed by atoms with Gasteiger partial charge in [-0.15, -0.1) is 0 Å². The number of fused-ring (bicyclic) bond motifs is 2. The molecule has 5 rings (SSSR count). The molecule has 1 fully saturated rings. The molecule has 2 aliphatic heterocycles. The van der Waals surface area contributed by atoms with E-state index in [1.165, 1.54) is 10.8 Å². The highest BCUT2D eigenvalue weighted by Gasteiger charge is 2.30. The highest BCUT2D eigenvalue weighted by molar-refractivity contribution is 7.88. The van der Waals surface area contributed by atoms with Crippen LogP contribution in [0.4, 0.5) is 5.82 Å². The predicted molar refractivity (Wildman–Crippen MR) is 120 cm³/mol. The summed E-state index contributed by atoms with van der Waals surface area (Å²) in [6.45, 7) is 5.41. The minimum atomic E-state index is -3.23. The normalized spacial score (nSPS) is 19.7. The molecule has 0 atom stereocenters. The number of hydrogen-bond acceptors (Lipinski definition) is 5. The van der Waals surface area contributed by atoms with Gasteiger partial charge in [-0.1, -0.05) is 48.5 Å². The van der Waals surface area contributed by atoms with Crippen molar-refractivity contribution < 1.29 is 8.42 Å². The summed E-state index contributed by atoms with van der Waals surface area (Å²) < 4.78 is 27.0. The molecule has 2 aromatic carbocycles. The maximum absolute atomic E-state index is 12.7. The van der Waals surface area contributed by atoms with E-state index in [-0.39, 0.29) is 5.75 Å². The number of sulfonamides is 1. The number of aromatic nitrogens is 1. The van der Waals surface area contributed by atoms with E-state index < -0.39 is 10.0 Å². The molecule has 6 nitrogen and oxygen atoms in total. The molecule has 0 bridgehead atoms. The Morgan fingerprint density at radius 2 is 1.57 bits per heavy atom. The lowest BCUT2D eigenvalue weighted by Crippen LogP contribution is -2.49. The summed E-state index contributed by atoms with van der Waals surface area (Å²) >= 11 is 0. The molecular weight excluding hydrogens is 396 g/mol. The van der Waals surface area contributed by atoms with Gasteiger partial charge in [0, 0.05) is 57.4 Å². The van der Waals surface area contributed by atoms with Gasteiger partial charge in [0.15, 0.2) is 0 Å². The van der Waals surface area contributed by atoms with Crippen molar-refractivity contribution in [3.8, 4) is 0 Å². The first-order valence-electron chi connectivity index (χ1n) is 10.5. The van der Waals surface area contributed by atoms with Gasteiger partial charge in [0.1, 0.15) is 5.82 Å². The van der Waals surface area contributed by atoms with Crippen molar-refractivity contribution in [1.29, 1.82) is 0 Å². The fraction of sp³-hybridized carbons (Fsp3) is 0.348. The lowest BCUT2D eigenvalue weighted by molar-refractivity contribution is 0.233. The maximum Gasteiger partial charge on any atom is 0.218 e. The van der Waals surface area contributed by atoms with E-state index >= 15 is 0 Å². The lowest BCUT2D eigenvalue weighted by atomic mass is 10.1. The topological polar surface area (TPSA) is 56.8 Å². The van der Waals surface area contributed by atoms with E-state index in [4.69, 9.17) is 0 Å². The summed E-state index contributed by atoms with van der Waals surface area (Å²) in [6, 6.07) is 18.3. The summed E-state index contributed by atoms with van der Waals surface area (Å²) in [4.78, 5) is 9.33. The van der Waals surface area contributed by atoms with Gasteiger partial charge in [-0.2, -0.15) is 4.31 Å². The van der Waals surface area contributed by atoms with Crippen LogP contribution >= 0.6 is 0 Å². The molecular formula is C23H26N4O2S. The van der Waals surface area contributed by atoms with Gasteiger partial charge in [0.05, 0.1) is 5.75 Å². The zero-order chi connectivity index (χ0) is 20.6. The molecule has 0 amide bonds. The van der Waals surface area contributed by atoms with Gasteiger partial charge in [-0.25, -0.2) is 13.4 Å². The molecule has 7 heteroatoms. The quantitative estimate of drug-likeness (QED) is 0.647. The Morgan fingerprint density at radius 1 is 0.833 bits per heavy atom. The van der Waals surface area contributed by atoms with E-state index in [9.17, 15) is 8.42 Å². The number of anilines is 1. The molecule has 0 saturated carbocycles. The first-order chi connectivity index (χ1) is 14.6. The van der Waals surface area contributed by atoms with E-state index in [2.05, 4.69) is 39.0 Å². The summed E-state index contributed by atoms with van der Waals surface area (Å²) in [5.74, 6) is 1.16. The third-order valence-corrected chi connectivity index (χ3v) is 7.96. The van der Waals surface area contributed by atoms with Crippen LogP contribution in [0.25, 0.3) is 10.8 Å². The first kappa shape index (κ1) is 19.5. The van der Waals surface area contributed by atoms with Gasteiger partial charge in [-0.3, -0.25) is 4.90 Å². The van der Waals surface area contributed by atoms with Crippen LogP contribution in [-0.2, 0) is 22.3 Å². The Hall–Kier alpha value is -2.48. The molecule has 2 aliphatic rings. The molecule has 0 unspecified atom stereocenters. The van der Waals surface area contributed by atoms with Crippen LogP contribution in [0.1, 0.15) is 11.1 Å². The highest BCUT2D eigenvalue weighted by Crippen LogP contribution is 2.26. The third-order valence-electron chi connectivity index (χ3n) is 6.19. The molecule has 3 heterocycles. The fourth-order valence-electron chi connectivity index (χ4n) is 4.44. The van der Waals surface area contributed by atoms with Gasteiger partial charge in [0.25, 0.3) is 0 Å². The summed E-state index contributed by atoms with van der Waals surface area (Å²) in [7, 11) is -3.23. The average molecular weight is 423 g/mol. The number of pyridine rings is 1. The summed E-state index contributed by atoms with van der Waals surface area (Å²) in [6.07, 6.45) is 1.88. The summed E-state index contributed by atoms with van der Waals surface area (Å²) in [5.41, 5.74) is 2.06. The number of benzene rings is 2. The SMILES string of the molecule is O=S1(=O)Cc2ccccc2CN1CCN1CCN(c2nccc3ccccc23)CC1. The van der Waals surface area contributed by atoms with Crippen molar-refractivity contribution in [1.82, 2.24) is 14.2 Å². The number of hydrogen-bond donors (Lipinski definition) is 0. The lowest BCUT2D eigenvalue weighted by Gasteiger charge is -2.37. The van der Waals surface area contributed by atoms with Crippen LogP contribution in [0.3, 0.4) is 0 Å². The monoisotopic (exact) mass is 422 g/mol. The largest absolute Gasteiger partial charge is 0.354 e. The predicted octanol–water partition coefficient (Wildman–Crippen LogP) is 2.70. The molecule has 0 radical (unpaired) electrons. The average Bonchev–Trinajstić information content (AvgIpc) is 2.77. The van der Waals surface area contributed by atoms with E-state index in [1.54, 1.807) is 4.31 Å². The molecule has 3 aromatic rings.